The number of nitrogens with one attached hydrogen (secondary N) is 1. The summed E-state index contributed by atoms with van der Waals surface area (Å²) in [5.41, 5.74) is 6.77. The van der Waals surface area contributed by atoms with E-state index in [1.807, 2.05) is 45.2 Å². The van der Waals surface area contributed by atoms with Gasteiger partial charge in [0.15, 0.2) is 5.65 Å². The van der Waals surface area contributed by atoms with Crippen LogP contribution < -0.4 is 5.32 Å². The molecule has 1 N–H and O–H groups in total. The summed E-state index contributed by atoms with van der Waals surface area (Å²) in [4.78, 5) is 39.3. The van der Waals surface area contributed by atoms with Gasteiger partial charge in [0.25, 0.3) is 11.8 Å². The van der Waals surface area contributed by atoms with Crippen LogP contribution in [0.25, 0.3) is 16.9 Å². The third kappa shape index (κ3) is 6.84. The number of likely N-dealkylation sites (tertiary alicyclic amines) is 1. The highest BCUT2D eigenvalue weighted by atomic mass is 19.4. The minimum Gasteiger partial charge on any atom is -0.331 e. The van der Waals surface area contributed by atoms with Crippen LogP contribution in [0.1, 0.15) is 73.6 Å². The average Bonchev–Trinajstić information content (AvgIpc) is 3.89. The lowest BCUT2D eigenvalue weighted by Crippen LogP contribution is -2.39. The summed E-state index contributed by atoms with van der Waals surface area (Å²) in [7, 11) is 2.00. The normalized spacial score (nSPS) is 15.5. The van der Waals surface area contributed by atoms with Gasteiger partial charge < -0.3 is 19.7 Å². The van der Waals surface area contributed by atoms with Gasteiger partial charge in [0, 0.05) is 47.2 Å². The highest BCUT2D eigenvalue weighted by molar-refractivity contribution is 6.08. The van der Waals surface area contributed by atoms with E-state index in [-0.39, 0.29) is 37.4 Å². The molecule has 1 saturated heterocycles. The van der Waals surface area contributed by atoms with E-state index in [2.05, 4.69) is 35.6 Å². The number of hydrogen-bond donors (Lipinski definition) is 1. The molecule has 13 nitrogen and oxygen atoms in total. The van der Waals surface area contributed by atoms with E-state index in [0.29, 0.717) is 46.1 Å². The average molecular weight is 738 g/mol. The monoisotopic (exact) mass is 737 g/mol. The molecule has 6 heterocycles. The maximum absolute atomic E-state index is 14.0. The van der Waals surface area contributed by atoms with Gasteiger partial charge in [0.1, 0.15) is 11.3 Å². The molecule has 2 amide bonds. The number of carbonyl (C=O) groups is 2. The lowest BCUT2D eigenvalue weighted by atomic mass is 9.92. The summed E-state index contributed by atoms with van der Waals surface area (Å²) in [5.74, 6) is -1.52. The highest BCUT2D eigenvalue weighted by Gasteiger charge is 2.42. The molecule has 0 saturated carbocycles. The number of benzene rings is 2. The highest BCUT2D eigenvalue weighted by Crippen LogP contribution is 2.37. The minimum absolute atomic E-state index is 0.0310. The van der Waals surface area contributed by atoms with Crippen LogP contribution in [-0.4, -0.2) is 87.4 Å². The maximum atomic E-state index is 14.0. The van der Waals surface area contributed by atoms with Crippen LogP contribution >= 0.6 is 0 Å². The fraction of sp³-hybridized carbons (Fsp3) is 0.342. The van der Waals surface area contributed by atoms with E-state index in [1.165, 1.54) is 10.8 Å². The number of amides is 2. The third-order valence-electron chi connectivity index (χ3n) is 10.2. The maximum Gasteiger partial charge on any atom is 0.449 e. The smallest absolute Gasteiger partial charge is 0.331 e. The van der Waals surface area contributed by atoms with Crippen molar-refractivity contribution in [2.45, 2.75) is 58.4 Å². The number of halogens is 3. The predicted octanol–water partition coefficient (Wildman–Crippen LogP) is 5.59. The topological polar surface area (TPSA) is 131 Å². The molecular weight excluding hydrogens is 699 g/mol. The molecule has 8 rings (SSSR count). The lowest BCUT2D eigenvalue weighted by molar-refractivity contribution is -0.147. The van der Waals surface area contributed by atoms with Gasteiger partial charge in [-0.25, -0.2) is 19.2 Å². The predicted molar refractivity (Wildman–Crippen MR) is 193 cm³/mol. The molecule has 16 heteroatoms. The number of piperidine rings is 1. The molecule has 4 aromatic heterocycles. The van der Waals surface area contributed by atoms with Crippen molar-refractivity contribution in [3.63, 3.8) is 0 Å². The Hall–Kier alpha value is -5.90. The second-order valence-electron chi connectivity index (χ2n) is 14.1. The van der Waals surface area contributed by atoms with Crippen molar-refractivity contribution in [3.8, 4) is 11.3 Å². The van der Waals surface area contributed by atoms with E-state index in [9.17, 15) is 22.8 Å². The Kier molecular flexibility index (Phi) is 9.00. The van der Waals surface area contributed by atoms with E-state index < -0.39 is 12.0 Å². The summed E-state index contributed by atoms with van der Waals surface area (Å²) < 4.78 is 46.6. The van der Waals surface area contributed by atoms with Crippen LogP contribution in [0.5, 0.6) is 0 Å². The number of anilines is 1. The second-order valence-corrected chi connectivity index (χ2v) is 14.1. The molecule has 0 atom stereocenters. The number of aryl methyl sites for hydroxylation is 2. The van der Waals surface area contributed by atoms with Gasteiger partial charge in [-0.3, -0.25) is 9.59 Å². The van der Waals surface area contributed by atoms with E-state index in [0.717, 1.165) is 48.4 Å². The Morgan fingerprint density at radius 3 is 2.50 bits per heavy atom. The van der Waals surface area contributed by atoms with Gasteiger partial charge in [-0.05, 0) is 82.7 Å². The molecule has 0 spiro atoms. The zero-order valence-electron chi connectivity index (χ0n) is 30.0. The van der Waals surface area contributed by atoms with Crippen molar-refractivity contribution in [3.05, 3.63) is 112 Å². The van der Waals surface area contributed by atoms with Gasteiger partial charge in [0.05, 0.1) is 36.9 Å². The van der Waals surface area contributed by atoms with Gasteiger partial charge in [-0.2, -0.15) is 18.3 Å². The molecule has 0 aliphatic carbocycles. The zero-order valence-corrected chi connectivity index (χ0v) is 30.0. The first-order chi connectivity index (χ1) is 25.9. The molecule has 2 aromatic carbocycles. The summed E-state index contributed by atoms with van der Waals surface area (Å²) in [6, 6.07) is 16.3. The van der Waals surface area contributed by atoms with Gasteiger partial charge in [-0.15, -0.1) is 5.10 Å². The van der Waals surface area contributed by atoms with E-state index in [4.69, 9.17) is 0 Å². The molecule has 1 fully saturated rings. The Labute approximate surface area is 308 Å². The summed E-state index contributed by atoms with van der Waals surface area (Å²) in [6.45, 7) is 5.95. The molecule has 0 radical (unpaired) electrons. The molecule has 6 aromatic rings. The van der Waals surface area contributed by atoms with Gasteiger partial charge >= 0.3 is 6.18 Å². The van der Waals surface area contributed by atoms with Crippen LogP contribution in [0.2, 0.25) is 0 Å². The molecule has 54 heavy (non-hydrogen) atoms. The molecule has 0 unspecified atom stereocenters. The number of rotatable bonds is 7. The van der Waals surface area contributed by atoms with Crippen LogP contribution in [0, 0.1) is 13.8 Å². The Bertz CT molecular complexity index is 2370. The van der Waals surface area contributed by atoms with Crippen LogP contribution in [0.4, 0.5) is 18.9 Å². The molecular formula is C38H38F3N11O2. The first kappa shape index (κ1) is 35.1. The summed E-state index contributed by atoms with van der Waals surface area (Å²) in [5, 5.41) is 15.8. The largest absolute Gasteiger partial charge is 0.449 e. The van der Waals surface area contributed by atoms with Gasteiger partial charge in [-0.1, -0.05) is 29.5 Å². The number of nitrogens with zero attached hydrogens (tertiary/aromatic N) is 10. The molecule has 278 valence electrons. The fourth-order valence-electron chi connectivity index (χ4n) is 7.43. The quantitative estimate of drug-likeness (QED) is 0.225. The number of hydrogen-bond acceptors (Lipinski definition) is 8. The summed E-state index contributed by atoms with van der Waals surface area (Å²) in [6.07, 6.45) is 0.184. The third-order valence-corrected chi connectivity index (χ3v) is 10.2. The SMILES string of the molecule is Cc1cc(C)n2ncc(C(=O)Nc3ccc(-c4cn(Cc5cccc(C(=O)N6CCn7c(C(F)(F)F)nc(C8CCN(C)CC8)c7C6)c5)nn4)cc3)c2n1. The first-order valence-corrected chi connectivity index (χ1v) is 17.8. The van der Waals surface area contributed by atoms with Crippen molar-refractivity contribution < 1.29 is 22.8 Å². The molecule has 0 bridgehead atoms. The standard InChI is InChI=1S/C38H38F3N11O2/c1-23-17-24(2)52-34(43-23)30(19-42-52)35(53)44-29-9-7-26(8-10-29)31-21-50(47-46-31)20-25-5-4-6-28(18-25)36(54)49-15-16-51-32(22-49)33(45-37(51)38(39,40)41)27-11-13-48(3)14-12-27/h4-10,17-19,21,27H,11-16,20,22H2,1-3H3,(H,44,53). The number of fused-ring (bicyclic) bond motifs is 2. The van der Waals surface area contributed by atoms with Crippen molar-refractivity contribution >= 4 is 23.1 Å². The van der Waals surface area contributed by atoms with Crippen molar-refractivity contribution in [2.24, 2.45) is 0 Å². The fourth-order valence-corrected chi connectivity index (χ4v) is 7.43. The number of carbonyl (C=O) groups excluding carboxylic acids is 2. The van der Waals surface area contributed by atoms with Crippen LogP contribution in [-0.2, 0) is 25.8 Å². The van der Waals surface area contributed by atoms with Crippen molar-refractivity contribution in [1.82, 2.24) is 48.9 Å². The number of aromatic nitrogens is 8. The Morgan fingerprint density at radius 1 is 0.963 bits per heavy atom. The van der Waals surface area contributed by atoms with Gasteiger partial charge in [0.2, 0.25) is 5.82 Å². The van der Waals surface area contributed by atoms with E-state index >= 15 is 0 Å². The van der Waals surface area contributed by atoms with Crippen molar-refractivity contribution in [1.29, 1.82) is 0 Å². The number of alkyl halides is 3. The number of imidazole rings is 1. The molecule has 2 aliphatic heterocycles. The van der Waals surface area contributed by atoms with Crippen LogP contribution in [0.15, 0.2) is 67.0 Å². The zero-order chi connectivity index (χ0) is 37.7. The lowest BCUT2D eigenvalue weighted by Gasteiger charge is -2.32. The first-order valence-electron chi connectivity index (χ1n) is 17.8. The second kappa shape index (κ2) is 13.8. The van der Waals surface area contributed by atoms with E-state index in [1.54, 1.807) is 50.6 Å². The molecule has 2 aliphatic rings. The Balaban J connectivity index is 0.933. The summed E-state index contributed by atoms with van der Waals surface area (Å²) >= 11 is 0. The minimum atomic E-state index is -4.57. The van der Waals surface area contributed by atoms with Crippen molar-refractivity contribution in [2.75, 3.05) is 32.0 Å². The Morgan fingerprint density at radius 2 is 1.74 bits per heavy atom. The van der Waals surface area contributed by atoms with Crippen LogP contribution in [0.3, 0.4) is 0 Å².